The molecule has 0 amide bonds. The van der Waals surface area contributed by atoms with E-state index in [1.165, 1.54) is 0 Å². The molecule has 2 aromatic rings. The van der Waals surface area contributed by atoms with E-state index in [1.807, 2.05) is 42.8 Å². The minimum atomic E-state index is 0.417. The van der Waals surface area contributed by atoms with Crippen molar-refractivity contribution in [2.24, 2.45) is 0 Å². The van der Waals surface area contributed by atoms with Gasteiger partial charge in [0.1, 0.15) is 12.4 Å². The van der Waals surface area contributed by atoms with Gasteiger partial charge in [-0.3, -0.25) is 4.68 Å². The number of aromatic nitrogens is 2. The second kappa shape index (κ2) is 7.00. The average Bonchev–Trinajstić information content (AvgIpc) is 2.81. The van der Waals surface area contributed by atoms with Crippen LogP contribution in [0.1, 0.15) is 30.8 Å². The molecule has 1 heterocycles. The summed E-state index contributed by atoms with van der Waals surface area (Å²) < 4.78 is 7.68. The average molecular weight is 313 g/mol. The summed E-state index contributed by atoms with van der Waals surface area (Å²) >= 11 is 12.1. The van der Waals surface area contributed by atoms with Crippen molar-refractivity contribution >= 4 is 23.2 Å². The van der Waals surface area contributed by atoms with Crippen LogP contribution >= 0.6 is 23.2 Å². The fourth-order valence-corrected chi connectivity index (χ4v) is 2.48. The summed E-state index contributed by atoms with van der Waals surface area (Å²) in [5.74, 6) is 1.31. The molecule has 0 saturated heterocycles. The number of ether oxygens (including phenoxy) is 1. The van der Waals surface area contributed by atoms with Crippen molar-refractivity contribution in [3.8, 4) is 5.75 Å². The normalized spacial score (nSPS) is 10.8. The summed E-state index contributed by atoms with van der Waals surface area (Å²) in [5, 5.41) is 5.19. The molecule has 2 rings (SSSR count). The minimum Gasteiger partial charge on any atom is -0.487 e. The Morgan fingerprint density at radius 2 is 1.90 bits per heavy atom. The van der Waals surface area contributed by atoms with E-state index in [0.29, 0.717) is 17.5 Å². The molecule has 0 spiro atoms. The van der Waals surface area contributed by atoms with Crippen LogP contribution in [0.5, 0.6) is 5.75 Å². The van der Waals surface area contributed by atoms with Crippen LogP contribution in [0.2, 0.25) is 5.02 Å². The van der Waals surface area contributed by atoms with Crippen molar-refractivity contribution < 1.29 is 4.74 Å². The maximum Gasteiger partial charge on any atom is 0.131 e. The molecule has 20 heavy (non-hydrogen) atoms. The first-order valence-electron chi connectivity index (χ1n) is 6.71. The molecule has 5 heteroatoms. The third kappa shape index (κ3) is 3.28. The second-order valence-electron chi connectivity index (χ2n) is 4.44. The van der Waals surface area contributed by atoms with Gasteiger partial charge in [-0.2, -0.15) is 5.10 Å². The summed E-state index contributed by atoms with van der Waals surface area (Å²) in [6.45, 7) is 5.29. The minimum absolute atomic E-state index is 0.417. The Kier molecular flexibility index (Phi) is 5.32. The number of halogens is 2. The largest absolute Gasteiger partial charge is 0.487 e. The van der Waals surface area contributed by atoms with E-state index in [1.54, 1.807) is 0 Å². The lowest BCUT2D eigenvalue weighted by atomic mass is 10.2. The van der Waals surface area contributed by atoms with Gasteiger partial charge in [0.05, 0.1) is 16.4 Å². The van der Waals surface area contributed by atoms with Gasteiger partial charge in [-0.1, -0.05) is 30.7 Å². The van der Waals surface area contributed by atoms with Crippen LogP contribution in [0, 0.1) is 0 Å². The first-order valence-corrected chi connectivity index (χ1v) is 7.62. The predicted molar refractivity (Wildman–Crippen MR) is 82.6 cm³/mol. The molecule has 1 aromatic carbocycles. The van der Waals surface area contributed by atoms with Crippen LogP contribution in [-0.2, 0) is 25.5 Å². The van der Waals surface area contributed by atoms with Crippen LogP contribution < -0.4 is 4.74 Å². The zero-order chi connectivity index (χ0) is 14.5. The van der Waals surface area contributed by atoms with E-state index in [2.05, 4.69) is 5.10 Å². The monoisotopic (exact) mass is 312 g/mol. The fourth-order valence-electron chi connectivity index (χ4n) is 1.98. The molecule has 0 radical (unpaired) electrons. The molecule has 3 nitrogen and oxygen atoms in total. The quantitative estimate of drug-likeness (QED) is 0.737. The van der Waals surface area contributed by atoms with Crippen molar-refractivity contribution in [3.63, 3.8) is 0 Å². The van der Waals surface area contributed by atoms with E-state index in [4.69, 9.17) is 27.9 Å². The van der Waals surface area contributed by atoms with Gasteiger partial charge in [0, 0.05) is 12.4 Å². The van der Waals surface area contributed by atoms with Crippen LogP contribution in [0.15, 0.2) is 24.3 Å². The maximum absolute atomic E-state index is 6.34. The molecule has 0 aliphatic rings. The standard InChI is InChI=1S/C15H18Cl2N2O/c1-3-13-15(17)14(19(4-2)18-13)10-20-12-7-5-11(9-16)6-8-12/h5-8H,3-4,9-10H2,1-2H3. The lowest BCUT2D eigenvalue weighted by Crippen LogP contribution is -2.06. The second-order valence-corrected chi connectivity index (χ2v) is 5.09. The topological polar surface area (TPSA) is 27.1 Å². The summed E-state index contributed by atoms with van der Waals surface area (Å²) in [5.41, 5.74) is 2.92. The Balaban J connectivity index is 2.11. The Morgan fingerprint density at radius 1 is 1.20 bits per heavy atom. The Morgan fingerprint density at radius 3 is 2.45 bits per heavy atom. The van der Waals surface area contributed by atoms with Crippen LogP contribution in [0.4, 0.5) is 0 Å². The van der Waals surface area contributed by atoms with Gasteiger partial charge < -0.3 is 4.74 Å². The summed E-state index contributed by atoms with van der Waals surface area (Å²) in [6.07, 6.45) is 0.823. The highest BCUT2D eigenvalue weighted by Crippen LogP contribution is 2.23. The molecule has 0 unspecified atom stereocenters. The molecule has 0 N–H and O–H groups in total. The number of nitrogens with zero attached hydrogens (tertiary/aromatic N) is 2. The molecule has 0 saturated carbocycles. The lowest BCUT2D eigenvalue weighted by Gasteiger charge is -2.08. The van der Waals surface area contributed by atoms with E-state index in [0.717, 1.165) is 35.7 Å². The van der Waals surface area contributed by atoms with Crippen molar-refractivity contribution in [3.05, 3.63) is 46.2 Å². The van der Waals surface area contributed by atoms with Crippen LogP contribution in [0.25, 0.3) is 0 Å². The number of hydrogen-bond donors (Lipinski definition) is 0. The summed E-state index contributed by atoms with van der Waals surface area (Å²) in [6, 6.07) is 7.75. The van der Waals surface area contributed by atoms with E-state index < -0.39 is 0 Å². The predicted octanol–water partition coefficient (Wildman–Crippen LogP) is 4.44. The van der Waals surface area contributed by atoms with Crippen LogP contribution in [-0.4, -0.2) is 9.78 Å². The molecule has 0 bridgehead atoms. The Hall–Kier alpha value is -1.19. The van der Waals surface area contributed by atoms with Gasteiger partial charge in [-0.15, -0.1) is 11.6 Å². The molecule has 0 fully saturated rings. The number of aryl methyl sites for hydroxylation is 2. The number of hydrogen-bond acceptors (Lipinski definition) is 2. The SMILES string of the molecule is CCc1nn(CC)c(COc2ccc(CCl)cc2)c1Cl. The molecule has 0 aliphatic heterocycles. The van der Waals surface area contributed by atoms with Gasteiger partial charge in [0.15, 0.2) is 0 Å². The molecule has 108 valence electrons. The third-order valence-corrected chi connectivity index (χ3v) is 3.89. The smallest absolute Gasteiger partial charge is 0.131 e. The van der Waals surface area contributed by atoms with E-state index in [-0.39, 0.29) is 0 Å². The van der Waals surface area contributed by atoms with Gasteiger partial charge in [-0.05, 0) is 31.0 Å². The van der Waals surface area contributed by atoms with Crippen molar-refractivity contribution in [2.75, 3.05) is 0 Å². The van der Waals surface area contributed by atoms with Gasteiger partial charge >= 0.3 is 0 Å². The lowest BCUT2D eigenvalue weighted by molar-refractivity contribution is 0.292. The summed E-state index contributed by atoms with van der Waals surface area (Å²) in [4.78, 5) is 0. The first kappa shape index (κ1) is 15.2. The zero-order valence-electron chi connectivity index (χ0n) is 11.7. The van der Waals surface area contributed by atoms with Crippen molar-refractivity contribution in [1.82, 2.24) is 9.78 Å². The fraction of sp³-hybridized carbons (Fsp3) is 0.400. The molecular formula is C15H18Cl2N2O. The molecular weight excluding hydrogens is 295 g/mol. The van der Waals surface area contributed by atoms with Crippen molar-refractivity contribution in [2.45, 2.75) is 39.3 Å². The molecule has 1 aromatic heterocycles. The highest BCUT2D eigenvalue weighted by atomic mass is 35.5. The zero-order valence-corrected chi connectivity index (χ0v) is 13.2. The maximum atomic E-state index is 6.34. The Labute approximate surface area is 129 Å². The highest BCUT2D eigenvalue weighted by molar-refractivity contribution is 6.31. The van der Waals surface area contributed by atoms with Crippen molar-refractivity contribution in [1.29, 1.82) is 0 Å². The molecule has 0 atom stereocenters. The van der Waals surface area contributed by atoms with Gasteiger partial charge in [0.2, 0.25) is 0 Å². The van der Waals surface area contributed by atoms with Crippen LogP contribution in [0.3, 0.4) is 0 Å². The Bertz CT molecular complexity index is 564. The van der Waals surface area contributed by atoms with E-state index in [9.17, 15) is 0 Å². The van der Waals surface area contributed by atoms with E-state index >= 15 is 0 Å². The molecule has 0 aliphatic carbocycles. The number of benzene rings is 1. The summed E-state index contributed by atoms with van der Waals surface area (Å²) in [7, 11) is 0. The number of rotatable bonds is 6. The first-order chi connectivity index (χ1) is 9.69. The van der Waals surface area contributed by atoms with Gasteiger partial charge in [-0.25, -0.2) is 0 Å². The third-order valence-electron chi connectivity index (χ3n) is 3.15. The highest BCUT2D eigenvalue weighted by Gasteiger charge is 2.14. The number of alkyl halides is 1. The van der Waals surface area contributed by atoms with Gasteiger partial charge in [0.25, 0.3) is 0 Å².